The molecule has 2 aromatic carbocycles. The van der Waals surface area contributed by atoms with Gasteiger partial charge in [0.15, 0.2) is 0 Å². The Balaban J connectivity index is 1.79. The van der Waals surface area contributed by atoms with Crippen molar-refractivity contribution in [3.8, 4) is 0 Å². The van der Waals surface area contributed by atoms with Gasteiger partial charge in [0.1, 0.15) is 0 Å². The molecule has 0 bridgehead atoms. The minimum atomic E-state index is -0.816. The molecule has 0 aliphatic carbocycles. The van der Waals surface area contributed by atoms with Gasteiger partial charge in [-0.25, -0.2) is 5.43 Å². The molecule has 2 N–H and O–H groups in total. The molecule has 6 heteroatoms. The van der Waals surface area contributed by atoms with Gasteiger partial charge < -0.3 is 5.32 Å². The summed E-state index contributed by atoms with van der Waals surface area (Å²) in [7, 11) is 0. The van der Waals surface area contributed by atoms with Crippen molar-refractivity contribution in [3.63, 3.8) is 0 Å². The molecule has 0 aromatic heterocycles. The van der Waals surface area contributed by atoms with Crippen molar-refractivity contribution >= 4 is 29.6 Å². The van der Waals surface area contributed by atoms with Crippen molar-refractivity contribution in [2.75, 3.05) is 0 Å². The van der Waals surface area contributed by atoms with E-state index in [1.165, 1.54) is 11.8 Å². The number of benzene rings is 2. The van der Waals surface area contributed by atoms with Gasteiger partial charge in [0.05, 0.1) is 6.21 Å². The number of amides is 2. The highest BCUT2D eigenvalue weighted by molar-refractivity contribution is 6.35. The molecule has 0 aliphatic rings. The summed E-state index contributed by atoms with van der Waals surface area (Å²) in [6.45, 7) is 4.52. The van der Waals surface area contributed by atoms with Crippen LogP contribution in [0.15, 0.2) is 53.6 Å². The van der Waals surface area contributed by atoms with Gasteiger partial charge in [-0.2, -0.15) is 5.10 Å². The third-order valence-electron chi connectivity index (χ3n) is 3.56. The zero-order chi connectivity index (χ0) is 18.2. The average molecular weight is 358 g/mol. The fourth-order valence-corrected chi connectivity index (χ4v) is 2.17. The highest BCUT2D eigenvalue weighted by Gasteiger charge is 2.11. The Morgan fingerprint density at radius 1 is 1.04 bits per heavy atom. The van der Waals surface area contributed by atoms with Gasteiger partial charge in [0.25, 0.3) is 0 Å². The summed E-state index contributed by atoms with van der Waals surface area (Å²) < 4.78 is 0. The molecule has 0 heterocycles. The van der Waals surface area contributed by atoms with Crippen molar-refractivity contribution < 1.29 is 9.59 Å². The molecule has 2 amide bonds. The van der Waals surface area contributed by atoms with Crippen LogP contribution in [0.3, 0.4) is 0 Å². The Morgan fingerprint density at radius 2 is 1.68 bits per heavy atom. The molecule has 0 saturated heterocycles. The monoisotopic (exact) mass is 357 g/mol. The van der Waals surface area contributed by atoms with Crippen LogP contribution in [0.4, 0.5) is 0 Å². The summed E-state index contributed by atoms with van der Waals surface area (Å²) >= 11 is 5.78. The predicted octanol–water partition coefficient (Wildman–Crippen LogP) is 3.23. The minimum absolute atomic E-state index is 0.283. The van der Waals surface area contributed by atoms with Crippen LogP contribution in [0.2, 0.25) is 5.02 Å². The molecule has 2 rings (SSSR count). The molecule has 5 nitrogen and oxygen atoms in total. The van der Waals surface area contributed by atoms with Gasteiger partial charge in [0, 0.05) is 11.6 Å². The lowest BCUT2D eigenvalue weighted by Gasteiger charge is -2.07. The number of nitrogens with zero attached hydrogens (tertiary/aromatic N) is 1. The molecule has 2 aromatic rings. The van der Waals surface area contributed by atoms with E-state index < -0.39 is 11.8 Å². The summed E-state index contributed by atoms with van der Waals surface area (Å²) in [4.78, 5) is 23.5. The second-order valence-electron chi connectivity index (χ2n) is 5.83. The molecule has 0 atom stereocenters. The molecular formula is C19H20ClN3O2. The maximum atomic E-state index is 11.8. The first-order chi connectivity index (χ1) is 12.0. The largest absolute Gasteiger partial charge is 0.344 e. The van der Waals surface area contributed by atoms with Crippen LogP contribution in [0.25, 0.3) is 0 Å². The van der Waals surface area contributed by atoms with Gasteiger partial charge in [-0.05, 0) is 34.7 Å². The summed E-state index contributed by atoms with van der Waals surface area (Å²) in [5.41, 5.74) is 5.10. The molecule has 130 valence electrons. The summed E-state index contributed by atoms with van der Waals surface area (Å²) in [6, 6.07) is 14.8. The predicted molar refractivity (Wildman–Crippen MR) is 99.6 cm³/mol. The zero-order valence-electron chi connectivity index (χ0n) is 14.1. The number of halogens is 1. The van der Waals surface area contributed by atoms with Crippen molar-refractivity contribution in [1.29, 1.82) is 0 Å². The highest BCUT2D eigenvalue weighted by atomic mass is 35.5. The van der Waals surface area contributed by atoms with Gasteiger partial charge in [-0.3, -0.25) is 9.59 Å². The molecule has 0 unspecified atom stereocenters. The SMILES string of the molecule is CC(C)c1ccc(CNC(=O)C(=O)N/N=C\c2ccc(Cl)cc2)cc1. The van der Waals surface area contributed by atoms with E-state index in [0.717, 1.165) is 11.1 Å². The first-order valence-corrected chi connectivity index (χ1v) is 8.29. The second-order valence-corrected chi connectivity index (χ2v) is 6.27. The van der Waals surface area contributed by atoms with E-state index in [-0.39, 0.29) is 6.54 Å². The lowest BCUT2D eigenvalue weighted by atomic mass is 10.0. The minimum Gasteiger partial charge on any atom is -0.344 e. The van der Waals surface area contributed by atoms with Crippen LogP contribution in [-0.4, -0.2) is 18.0 Å². The van der Waals surface area contributed by atoms with E-state index >= 15 is 0 Å². The molecule has 0 radical (unpaired) electrons. The lowest BCUT2D eigenvalue weighted by Crippen LogP contribution is -2.37. The topological polar surface area (TPSA) is 70.6 Å². The van der Waals surface area contributed by atoms with Crippen LogP contribution in [-0.2, 0) is 16.1 Å². The number of nitrogens with one attached hydrogen (secondary N) is 2. The number of carbonyl (C=O) groups excluding carboxylic acids is 2. The van der Waals surface area contributed by atoms with Gasteiger partial charge >= 0.3 is 11.8 Å². The molecule has 0 spiro atoms. The Hall–Kier alpha value is -2.66. The fraction of sp³-hybridized carbons (Fsp3) is 0.211. The maximum absolute atomic E-state index is 11.8. The summed E-state index contributed by atoms with van der Waals surface area (Å²) in [5.74, 6) is -1.10. The Bertz CT molecular complexity index is 753. The van der Waals surface area contributed by atoms with E-state index in [1.54, 1.807) is 24.3 Å². The summed E-state index contributed by atoms with van der Waals surface area (Å²) in [6.07, 6.45) is 1.44. The zero-order valence-corrected chi connectivity index (χ0v) is 14.9. The molecule has 25 heavy (non-hydrogen) atoms. The van der Waals surface area contributed by atoms with Crippen molar-refractivity contribution in [2.45, 2.75) is 26.3 Å². The van der Waals surface area contributed by atoms with Crippen LogP contribution < -0.4 is 10.7 Å². The van der Waals surface area contributed by atoms with Crippen LogP contribution >= 0.6 is 11.6 Å². The smallest absolute Gasteiger partial charge is 0.329 e. The van der Waals surface area contributed by atoms with Crippen LogP contribution in [0.5, 0.6) is 0 Å². The van der Waals surface area contributed by atoms with Crippen molar-refractivity contribution in [1.82, 2.24) is 10.7 Å². The van der Waals surface area contributed by atoms with E-state index in [2.05, 4.69) is 29.7 Å². The quantitative estimate of drug-likeness (QED) is 0.490. The van der Waals surface area contributed by atoms with E-state index in [4.69, 9.17) is 11.6 Å². The van der Waals surface area contributed by atoms with E-state index in [1.807, 2.05) is 24.3 Å². The number of hydrogen-bond donors (Lipinski definition) is 2. The first kappa shape index (κ1) is 18.7. The van der Waals surface area contributed by atoms with E-state index in [9.17, 15) is 9.59 Å². The Kier molecular flexibility index (Phi) is 6.71. The first-order valence-electron chi connectivity index (χ1n) is 7.91. The molecule has 0 aliphatic heterocycles. The van der Waals surface area contributed by atoms with Crippen LogP contribution in [0, 0.1) is 0 Å². The number of hydrogen-bond acceptors (Lipinski definition) is 3. The standard InChI is InChI=1S/C19H20ClN3O2/c1-13(2)16-7-3-14(4-8-16)11-21-18(24)19(25)23-22-12-15-5-9-17(20)10-6-15/h3-10,12-13H,11H2,1-2H3,(H,21,24)(H,23,25)/b22-12-. The number of hydrazone groups is 1. The van der Waals surface area contributed by atoms with Gasteiger partial charge in [-0.15, -0.1) is 0 Å². The normalized spacial score (nSPS) is 10.9. The Labute approximate surface area is 152 Å². The molecule has 0 saturated carbocycles. The number of carbonyl (C=O) groups is 2. The third-order valence-corrected chi connectivity index (χ3v) is 3.81. The maximum Gasteiger partial charge on any atom is 0.329 e. The fourth-order valence-electron chi connectivity index (χ4n) is 2.05. The van der Waals surface area contributed by atoms with Gasteiger partial charge in [-0.1, -0.05) is 61.8 Å². The lowest BCUT2D eigenvalue weighted by molar-refractivity contribution is -0.139. The Morgan fingerprint density at radius 3 is 2.28 bits per heavy atom. The van der Waals surface area contributed by atoms with Crippen LogP contribution in [0.1, 0.15) is 36.5 Å². The second kappa shape index (κ2) is 8.99. The van der Waals surface area contributed by atoms with Gasteiger partial charge in [0.2, 0.25) is 0 Å². The van der Waals surface area contributed by atoms with Crippen molar-refractivity contribution in [3.05, 3.63) is 70.2 Å². The highest BCUT2D eigenvalue weighted by Crippen LogP contribution is 2.14. The number of rotatable bonds is 5. The van der Waals surface area contributed by atoms with E-state index in [0.29, 0.717) is 10.9 Å². The third kappa shape index (κ3) is 6.04. The average Bonchev–Trinajstić information content (AvgIpc) is 2.61. The molecule has 0 fully saturated rings. The van der Waals surface area contributed by atoms with Crippen molar-refractivity contribution in [2.24, 2.45) is 5.10 Å². The molecular weight excluding hydrogens is 338 g/mol. The summed E-state index contributed by atoms with van der Waals surface area (Å²) in [5, 5.41) is 6.92.